The third-order valence-electron chi connectivity index (χ3n) is 3.86. The maximum atomic E-state index is 12.3. The van der Waals surface area contributed by atoms with Crippen molar-refractivity contribution in [2.75, 3.05) is 13.7 Å². The number of nitrogens with one attached hydrogen (secondary N) is 1. The molecule has 2 aromatic rings. The molecule has 0 aliphatic carbocycles. The monoisotopic (exact) mass is 466 g/mol. The van der Waals surface area contributed by atoms with Gasteiger partial charge >= 0.3 is 5.97 Å². The van der Waals surface area contributed by atoms with Crippen LogP contribution in [0.5, 0.6) is 11.5 Å². The lowest BCUT2D eigenvalue weighted by atomic mass is 10.2. The Kier molecular flexibility index (Phi) is 7.25. The molecule has 1 amide bonds. The molecule has 2 N–H and O–H groups in total. The summed E-state index contributed by atoms with van der Waals surface area (Å²) >= 11 is 13.3. The smallest absolute Gasteiger partial charge is 0.306 e. The van der Waals surface area contributed by atoms with Crippen LogP contribution in [0.1, 0.15) is 12.0 Å². The molecule has 1 aliphatic rings. The first-order chi connectivity index (χ1) is 14.4. The Bertz CT molecular complexity index is 1060. The van der Waals surface area contributed by atoms with E-state index in [1.807, 2.05) is 0 Å². The molecule has 156 valence electrons. The topological polar surface area (TPSA) is 97.2 Å². The van der Waals surface area contributed by atoms with Crippen molar-refractivity contribution in [2.45, 2.75) is 6.42 Å². The van der Waals surface area contributed by atoms with Crippen LogP contribution >= 0.6 is 35.0 Å². The van der Waals surface area contributed by atoms with Gasteiger partial charge in [-0.2, -0.15) is 0 Å². The second kappa shape index (κ2) is 9.88. The van der Waals surface area contributed by atoms with Gasteiger partial charge in [0.25, 0.3) is 5.91 Å². The fourth-order valence-corrected chi connectivity index (χ4v) is 3.63. The molecule has 0 atom stereocenters. The average molecular weight is 467 g/mol. The molecular weight excluding hydrogens is 451 g/mol. The SMILES string of the molecule is COc1cc(/C=C2/SC(=Nc3cccc(Cl)c3Cl)NC2=O)ccc1OCCC(=O)O. The van der Waals surface area contributed by atoms with Crippen molar-refractivity contribution in [3.8, 4) is 11.5 Å². The molecule has 1 heterocycles. The quantitative estimate of drug-likeness (QED) is 0.571. The zero-order valence-corrected chi connectivity index (χ0v) is 18.0. The maximum absolute atomic E-state index is 12.3. The normalized spacial score (nSPS) is 16.0. The molecule has 7 nitrogen and oxygen atoms in total. The van der Waals surface area contributed by atoms with Gasteiger partial charge in [0, 0.05) is 0 Å². The van der Waals surface area contributed by atoms with E-state index in [1.54, 1.807) is 42.5 Å². The van der Waals surface area contributed by atoms with Gasteiger partial charge in [-0.05, 0) is 47.7 Å². The Labute approximate surface area is 186 Å². The van der Waals surface area contributed by atoms with Crippen molar-refractivity contribution in [1.82, 2.24) is 5.32 Å². The number of benzene rings is 2. The van der Waals surface area contributed by atoms with E-state index in [1.165, 1.54) is 18.9 Å². The highest BCUT2D eigenvalue weighted by molar-refractivity contribution is 8.18. The number of carbonyl (C=O) groups excluding carboxylic acids is 1. The number of amidine groups is 1. The number of aliphatic imine (C=N–C) groups is 1. The number of rotatable bonds is 7. The van der Waals surface area contributed by atoms with E-state index >= 15 is 0 Å². The van der Waals surface area contributed by atoms with Gasteiger partial charge in [0.2, 0.25) is 0 Å². The number of aliphatic carboxylic acids is 1. The number of ether oxygens (including phenoxy) is 2. The van der Waals surface area contributed by atoms with Crippen molar-refractivity contribution in [2.24, 2.45) is 4.99 Å². The molecule has 0 bridgehead atoms. The van der Waals surface area contributed by atoms with E-state index in [9.17, 15) is 9.59 Å². The van der Waals surface area contributed by atoms with E-state index in [0.29, 0.717) is 42.9 Å². The van der Waals surface area contributed by atoms with Gasteiger partial charge in [-0.15, -0.1) is 0 Å². The average Bonchev–Trinajstić information content (AvgIpc) is 3.05. The van der Waals surface area contributed by atoms with E-state index in [2.05, 4.69) is 10.3 Å². The Hall–Kier alpha value is -2.68. The third kappa shape index (κ3) is 5.47. The number of halogens is 2. The van der Waals surface area contributed by atoms with E-state index < -0.39 is 5.97 Å². The van der Waals surface area contributed by atoms with E-state index in [-0.39, 0.29) is 18.9 Å². The molecule has 0 aromatic heterocycles. The van der Waals surface area contributed by atoms with Crippen LogP contribution in [-0.2, 0) is 9.59 Å². The minimum atomic E-state index is -0.948. The molecule has 1 aliphatic heterocycles. The van der Waals surface area contributed by atoms with Crippen LogP contribution in [0.4, 0.5) is 5.69 Å². The predicted octanol–water partition coefficient (Wildman–Crippen LogP) is 4.75. The van der Waals surface area contributed by atoms with Crippen LogP contribution in [0.2, 0.25) is 10.0 Å². The Morgan fingerprint density at radius 3 is 2.80 bits per heavy atom. The highest BCUT2D eigenvalue weighted by Crippen LogP contribution is 2.35. The van der Waals surface area contributed by atoms with Crippen LogP contribution < -0.4 is 14.8 Å². The van der Waals surface area contributed by atoms with Gasteiger partial charge in [-0.25, -0.2) is 4.99 Å². The largest absolute Gasteiger partial charge is 0.493 e. The zero-order chi connectivity index (χ0) is 21.7. The summed E-state index contributed by atoms with van der Waals surface area (Å²) in [5.74, 6) is -0.395. The van der Waals surface area contributed by atoms with Gasteiger partial charge in [0.05, 0.1) is 40.8 Å². The number of carboxylic acids is 1. The lowest BCUT2D eigenvalue weighted by Crippen LogP contribution is -2.19. The van der Waals surface area contributed by atoms with Crippen LogP contribution in [0.3, 0.4) is 0 Å². The summed E-state index contributed by atoms with van der Waals surface area (Å²) in [6.45, 7) is 0.0241. The highest BCUT2D eigenvalue weighted by Gasteiger charge is 2.24. The molecule has 10 heteroatoms. The lowest BCUT2D eigenvalue weighted by Gasteiger charge is -2.10. The van der Waals surface area contributed by atoms with Crippen LogP contribution in [-0.4, -0.2) is 35.9 Å². The summed E-state index contributed by atoms with van der Waals surface area (Å²) in [6.07, 6.45) is 1.57. The Morgan fingerprint density at radius 1 is 1.27 bits per heavy atom. The van der Waals surface area contributed by atoms with E-state index in [0.717, 1.165) is 0 Å². The molecule has 0 spiro atoms. The maximum Gasteiger partial charge on any atom is 0.306 e. The van der Waals surface area contributed by atoms with Crippen molar-refractivity contribution < 1.29 is 24.2 Å². The van der Waals surface area contributed by atoms with Crippen molar-refractivity contribution >= 4 is 63.8 Å². The molecule has 30 heavy (non-hydrogen) atoms. The number of carboxylic acid groups (broad SMARTS) is 1. The lowest BCUT2D eigenvalue weighted by molar-refractivity contribution is -0.137. The number of methoxy groups -OCH3 is 1. The molecule has 1 saturated heterocycles. The summed E-state index contributed by atoms with van der Waals surface area (Å²) in [5.41, 5.74) is 1.16. The van der Waals surface area contributed by atoms with Gasteiger partial charge in [0.15, 0.2) is 16.7 Å². The van der Waals surface area contributed by atoms with E-state index in [4.69, 9.17) is 37.8 Å². The Balaban J connectivity index is 1.78. The molecule has 0 unspecified atom stereocenters. The first-order valence-corrected chi connectivity index (χ1v) is 10.2. The molecular formula is C20H16Cl2N2O5S. The molecule has 2 aromatic carbocycles. The second-order valence-corrected chi connectivity index (χ2v) is 7.77. The van der Waals surface area contributed by atoms with Crippen molar-refractivity contribution in [1.29, 1.82) is 0 Å². The van der Waals surface area contributed by atoms with Gasteiger partial charge in [-0.3, -0.25) is 9.59 Å². The number of nitrogens with zero attached hydrogens (tertiary/aromatic N) is 1. The molecule has 1 fully saturated rings. The van der Waals surface area contributed by atoms with Crippen LogP contribution in [0, 0.1) is 0 Å². The minimum absolute atomic E-state index is 0.0241. The second-order valence-electron chi connectivity index (χ2n) is 5.96. The first-order valence-electron chi connectivity index (χ1n) is 8.63. The fraction of sp³-hybridized carbons (Fsp3) is 0.150. The van der Waals surface area contributed by atoms with Crippen molar-refractivity contribution in [3.05, 3.63) is 56.9 Å². The number of hydrogen-bond acceptors (Lipinski definition) is 6. The summed E-state index contributed by atoms with van der Waals surface area (Å²) in [5, 5.41) is 12.5. The first kappa shape index (κ1) is 22.0. The molecule has 3 rings (SSSR count). The van der Waals surface area contributed by atoms with Gasteiger partial charge in [-0.1, -0.05) is 35.3 Å². The van der Waals surface area contributed by atoms with Crippen molar-refractivity contribution in [3.63, 3.8) is 0 Å². The number of thioether (sulfide) groups is 1. The van der Waals surface area contributed by atoms with Gasteiger partial charge < -0.3 is 19.9 Å². The minimum Gasteiger partial charge on any atom is -0.493 e. The summed E-state index contributed by atoms with van der Waals surface area (Å²) in [4.78, 5) is 27.7. The third-order valence-corrected chi connectivity index (χ3v) is 5.58. The predicted molar refractivity (Wildman–Crippen MR) is 118 cm³/mol. The highest BCUT2D eigenvalue weighted by atomic mass is 35.5. The summed E-state index contributed by atoms with van der Waals surface area (Å²) < 4.78 is 10.7. The summed E-state index contributed by atoms with van der Waals surface area (Å²) in [6, 6.07) is 10.2. The summed E-state index contributed by atoms with van der Waals surface area (Å²) in [7, 11) is 1.48. The van der Waals surface area contributed by atoms with Crippen LogP contribution in [0.25, 0.3) is 6.08 Å². The Morgan fingerprint density at radius 2 is 2.07 bits per heavy atom. The van der Waals surface area contributed by atoms with Crippen LogP contribution in [0.15, 0.2) is 46.3 Å². The molecule has 0 radical (unpaired) electrons. The zero-order valence-electron chi connectivity index (χ0n) is 15.6. The van der Waals surface area contributed by atoms with Gasteiger partial charge in [0.1, 0.15) is 0 Å². The molecule has 0 saturated carbocycles. The number of amides is 1. The number of hydrogen-bond donors (Lipinski definition) is 2. The number of carbonyl (C=O) groups is 2. The fourth-order valence-electron chi connectivity index (χ4n) is 2.46. The standard InChI is InChI=1S/C20H16Cl2N2O5S/c1-28-15-9-11(5-6-14(15)29-8-7-17(25)26)10-16-19(27)24-20(30-16)23-13-4-2-3-12(21)18(13)22/h2-6,9-10H,7-8H2,1H3,(H,25,26)(H,23,24,27)/b16-10+.